The zero-order valence-electron chi connectivity index (χ0n) is 10.3. The smallest absolute Gasteiger partial charge is 0.255 e. The Morgan fingerprint density at radius 3 is 2.79 bits per heavy atom. The summed E-state index contributed by atoms with van der Waals surface area (Å²) >= 11 is 0. The van der Waals surface area contributed by atoms with Crippen LogP contribution in [0.1, 0.15) is 29.6 Å². The molecule has 0 radical (unpaired) electrons. The fourth-order valence-corrected chi connectivity index (χ4v) is 1.60. The molecule has 1 fully saturated rings. The Kier molecular flexibility index (Phi) is 3.99. The third kappa shape index (κ3) is 3.94. The van der Waals surface area contributed by atoms with Crippen LogP contribution in [0.3, 0.4) is 0 Å². The fourth-order valence-electron chi connectivity index (χ4n) is 1.60. The van der Waals surface area contributed by atoms with Gasteiger partial charge in [-0.1, -0.05) is 0 Å². The van der Waals surface area contributed by atoms with Crippen molar-refractivity contribution in [2.75, 3.05) is 6.54 Å². The van der Waals surface area contributed by atoms with E-state index in [1.54, 1.807) is 0 Å². The van der Waals surface area contributed by atoms with Crippen LogP contribution < -0.4 is 10.6 Å². The standard InChI is InChI=1S/C13H15FN2O3/c14-8-1-4-11(17)10(7-8)13(19)15-6-5-12(18)16-9-2-3-9/h1,4,7,9,17H,2-3,5-6H2,(H,15,19)(H,16,18). The lowest BCUT2D eigenvalue weighted by Crippen LogP contribution is -2.31. The van der Waals surface area contributed by atoms with Crippen LogP contribution in [-0.2, 0) is 4.79 Å². The second kappa shape index (κ2) is 5.69. The van der Waals surface area contributed by atoms with Crippen LogP contribution in [-0.4, -0.2) is 29.5 Å². The molecule has 0 heterocycles. The van der Waals surface area contributed by atoms with Gasteiger partial charge in [0.05, 0.1) is 5.56 Å². The number of carbonyl (C=O) groups is 2. The number of phenols is 1. The number of hydrogen-bond donors (Lipinski definition) is 3. The summed E-state index contributed by atoms with van der Waals surface area (Å²) in [5, 5.41) is 14.7. The van der Waals surface area contributed by atoms with Crippen molar-refractivity contribution >= 4 is 11.8 Å². The van der Waals surface area contributed by atoms with E-state index < -0.39 is 11.7 Å². The van der Waals surface area contributed by atoms with Gasteiger partial charge in [-0.25, -0.2) is 4.39 Å². The molecule has 0 spiro atoms. The van der Waals surface area contributed by atoms with Crippen LogP contribution in [0.5, 0.6) is 5.75 Å². The van der Waals surface area contributed by atoms with E-state index in [1.807, 2.05) is 0 Å². The second-order valence-electron chi connectivity index (χ2n) is 4.51. The Hall–Kier alpha value is -2.11. The van der Waals surface area contributed by atoms with Gasteiger partial charge in [-0.05, 0) is 31.0 Å². The highest BCUT2D eigenvalue weighted by Crippen LogP contribution is 2.19. The highest BCUT2D eigenvalue weighted by atomic mass is 19.1. The first-order valence-corrected chi connectivity index (χ1v) is 6.12. The van der Waals surface area contributed by atoms with Crippen molar-refractivity contribution in [2.24, 2.45) is 0 Å². The highest BCUT2D eigenvalue weighted by Gasteiger charge is 2.22. The van der Waals surface area contributed by atoms with Crippen LogP contribution in [0.2, 0.25) is 0 Å². The van der Waals surface area contributed by atoms with Crippen molar-refractivity contribution in [1.29, 1.82) is 0 Å². The summed E-state index contributed by atoms with van der Waals surface area (Å²) in [6.07, 6.45) is 2.18. The van der Waals surface area contributed by atoms with Crippen molar-refractivity contribution in [2.45, 2.75) is 25.3 Å². The maximum Gasteiger partial charge on any atom is 0.255 e. The first kappa shape index (κ1) is 13.3. The molecule has 1 saturated carbocycles. The van der Waals surface area contributed by atoms with Crippen LogP contribution in [0.4, 0.5) is 4.39 Å². The Morgan fingerprint density at radius 2 is 2.11 bits per heavy atom. The van der Waals surface area contributed by atoms with Gasteiger partial charge in [-0.3, -0.25) is 9.59 Å². The monoisotopic (exact) mass is 266 g/mol. The predicted molar refractivity (Wildman–Crippen MR) is 66.2 cm³/mol. The molecule has 19 heavy (non-hydrogen) atoms. The number of aromatic hydroxyl groups is 1. The Labute approximate surface area is 109 Å². The summed E-state index contributed by atoms with van der Waals surface area (Å²) in [7, 11) is 0. The van der Waals surface area contributed by atoms with E-state index in [4.69, 9.17) is 0 Å². The second-order valence-corrected chi connectivity index (χ2v) is 4.51. The molecular formula is C13H15FN2O3. The minimum atomic E-state index is -0.602. The molecule has 0 aliphatic heterocycles. The van der Waals surface area contributed by atoms with Crippen molar-refractivity contribution < 1.29 is 19.1 Å². The molecule has 5 nitrogen and oxygen atoms in total. The number of halogens is 1. The molecule has 0 atom stereocenters. The molecule has 0 unspecified atom stereocenters. The average molecular weight is 266 g/mol. The number of amides is 2. The van der Waals surface area contributed by atoms with E-state index in [2.05, 4.69) is 10.6 Å². The lowest BCUT2D eigenvalue weighted by molar-refractivity contribution is -0.121. The Balaban J connectivity index is 1.80. The summed E-state index contributed by atoms with van der Waals surface area (Å²) in [5.74, 6) is -1.61. The van der Waals surface area contributed by atoms with Crippen LogP contribution in [0.15, 0.2) is 18.2 Å². The Morgan fingerprint density at radius 1 is 1.37 bits per heavy atom. The third-order valence-electron chi connectivity index (χ3n) is 2.78. The number of hydrogen-bond acceptors (Lipinski definition) is 3. The minimum absolute atomic E-state index is 0.119. The fraction of sp³-hybridized carbons (Fsp3) is 0.385. The number of phenolic OH excluding ortho intramolecular Hbond substituents is 1. The molecule has 0 aromatic heterocycles. The van der Waals surface area contributed by atoms with Crippen LogP contribution in [0, 0.1) is 5.82 Å². The Bertz CT molecular complexity index is 501. The molecule has 102 valence electrons. The largest absolute Gasteiger partial charge is 0.507 e. The minimum Gasteiger partial charge on any atom is -0.507 e. The molecule has 1 aromatic rings. The van der Waals surface area contributed by atoms with Crippen LogP contribution >= 0.6 is 0 Å². The zero-order chi connectivity index (χ0) is 13.8. The van der Waals surface area contributed by atoms with E-state index in [0.29, 0.717) is 0 Å². The van der Waals surface area contributed by atoms with Crippen molar-refractivity contribution in [1.82, 2.24) is 10.6 Å². The predicted octanol–water partition coefficient (Wildman–Crippen LogP) is 0.930. The highest BCUT2D eigenvalue weighted by molar-refractivity contribution is 5.97. The molecule has 0 saturated heterocycles. The first-order valence-electron chi connectivity index (χ1n) is 6.12. The van der Waals surface area contributed by atoms with Gasteiger partial charge in [-0.2, -0.15) is 0 Å². The maximum absolute atomic E-state index is 13.0. The molecule has 2 rings (SSSR count). The molecule has 2 amide bonds. The topological polar surface area (TPSA) is 78.4 Å². The zero-order valence-corrected chi connectivity index (χ0v) is 10.3. The van der Waals surface area contributed by atoms with Gasteiger partial charge in [-0.15, -0.1) is 0 Å². The summed E-state index contributed by atoms with van der Waals surface area (Å²) in [6.45, 7) is 0.146. The van der Waals surface area contributed by atoms with E-state index in [0.717, 1.165) is 31.0 Å². The number of benzene rings is 1. The first-order chi connectivity index (χ1) is 9.06. The van der Waals surface area contributed by atoms with Gasteiger partial charge in [0.25, 0.3) is 5.91 Å². The van der Waals surface area contributed by atoms with E-state index in [-0.39, 0.29) is 36.2 Å². The third-order valence-corrected chi connectivity index (χ3v) is 2.78. The normalized spacial score (nSPS) is 13.9. The van der Waals surface area contributed by atoms with Gasteiger partial charge in [0.2, 0.25) is 5.91 Å². The number of rotatable bonds is 5. The van der Waals surface area contributed by atoms with Crippen molar-refractivity contribution in [3.8, 4) is 5.75 Å². The molecule has 1 aliphatic rings. The van der Waals surface area contributed by atoms with Gasteiger partial charge in [0, 0.05) is 19.0 Å². The number of carbonyl (C=O) groups excluding carboxylic acids is 2. The molecule has 6 heteroatoms. The lowest BCUT2D eigenvalue weighted by Gasteiger charge is -2.07. The summed E-state index contributed by atoms with van der Waals surface area (Å²) in [5.41, 5.74) is -0.136. The van der Waals surface area contributed by atoms with Crippen molar-refractivity contribution in [3.63, 3.8) is 0 Å². The number of nitrogens with one attached hydrogen (secondary N) is 2. The SMILES string of the molecule is O=C(CCNC(=O)c1cc(F)ccc1O)NC1CC1. The summed E-state index contributed by atoms with van der Waals surface area (Å²) in [4.78, 5) is 23.0. The van der Waals surface area contributed by atoms with Gasteiger partial charge in [0.1, 0.15) is 11.6 Å². The van der Waals surface area contributed by atoms with Gasteiger partial charge < -0.3 is 15.7 Å². The molecule has 1 aliphatic carbocycles. The molecule has 3 N–H and O–H groups in total. The van der Waals surface area contributed by atoms with Gasteiger partial charge >= 0.3 is 0 Å². The summed E-state index contributed by atoms with van der Waals surface area (Å²) in [6, 6.07) is 3.42. The molecular weight excluding hydrogens is 251 g/mol. The molecule has 0 bridgehead atoms. The quantitative estimate of drug-likeness (QED) is 0.742. The van der Waals surface area contributed by atoms with E-state index in [9.17, 15) is 19.1 Å². The summed E-state index contributed by atoms with van der Waals surface area (Å²) < 4.78 is 13.0. The van der Waals surface area contributed by atoms with Crippen LogP contribution in [0.25, 0.3) is 0 Å². The maximum atomic E-state index is 13.0. The lowest BCUT2D eigenvalue weighted by atomic mass is 10.2. The van der Waals surface area contributed by atoms with Gasteiger partial charge in [0.15, 0.2) is 0 Å². The van der Waals surface area contributed by atoms with E-state index >= 15 is 0 Å². The average Bonchev–Trinajstić information content (AvgIpc) is 3.16. The van der Waals surface area contributed by atoms with Crippen molar-refractivity contribution in [3.05, 3.63) is 29.6 Å². The molecule has 1 aromatic carbocycles. The van der Waals surface area contributed by atoms with E-state index in [1.165, 1.54) is 0 Å².